The molecule has 0 aromatic heterocycles. The van der Waals surface area contributed by atoms with Gasteiger partial charge in [-0.3, -0.25) is 4.79 Å². The van der Waals surface area contributed by atoms with Crippen molar-refractivity contribution in [1.29, 1.82) is 0 Å². The van der Waals surface area contributed by atoms with E-state index in [0.29, 0.717) is 12.8 Å². The third-order valence-corrected chi connectivity index (χ3v) is 4.19. The third kappa shape index (κ3) is 3.46. The topological polar surface area (TPSA) is 26.3 Å². The van der Waals surface area contributed by atoms with E-state index in [9.17, 15) is 18.0 Å². The van der Waals surface area contributed by atoms with Crippen LogP contribution in [0.25, 0.3) is 0 Å². The second-order valence-corrected chi connectivity index (χ2v) is 5.52. The van der Waals surface area contributed by atoms with Crippen LogP contribution in [-0.4, -0.2) is 18.5 Å². The van der Waals surface area contributed by atoms with Crippen LogP contribution < -0.4 is 0 Å². The number of benzene rings is 1. The Balaban J connectivity index is 2.25. The number of hydrogen-bond acceptors (Lipinski definition) is 2. The number of alkyl halides is 3. The molecule has 5 heteroatoms. The van der Waals surface area contributed by atoms with Crippen molar-refractivity contribution in [2.75, 3.05) is 7.11 Å². The Bertz CT molecular complexity index is 483. The molecule has 1 saturated carbocycles. The van der Waals surface area contributed by atoms with Crippen molar-refractivity contribution in [3.8, 4) is 0 Å². The van der Waals surface area contributed by atoms with E-state index in [4.69, 9.17) is 4.74 Å². The fourth-order valence-corrected chi connectivity index (χ4v) is 2.90. The number of ether oxygens (including phenoxy) is 1. The molecule has 2 rings (SSSR count). The number of halogens is 3. The first-order chi connectivity index (χ1) is 9.89. The van der Waals surface area contributed by atoms with Crippen LogP contribution in [0.15, 0.2) is 24.3 Å². The number of rotatable bonds is 3. The fraction of sp³-hybridized carbons (Fsp3) is 0.562. The maximum absolute atomic E-state index is 12.7. The van der Waals surface area contributed by atoms with Crippen molar-refractivity contribution in [3.05, 3.63) is 35.4 Å². The highest BCUT2D eigenvalue weighted by Crippen LogP contribution is 2.34. The summed E-state index contributed by atoms with van der Waals surface area (Å²) >= 11 is 0. The van der Waals surface area contributed by atoms with E-state index in [1.54, 1.807) is 0 Å². The summed E-state index contributed by atoms with van der Waals surface area (Å²) in [5, 5.41) is 0. The molecule has 1 aliphatic carbocycles. The molecule has 1 aliphatic rings. The van der Waals surface area contributed by atoms with Gasteiger partial charge in [0.1, 0.15) is 5.60 Å². The lowest BCUT2D eigenvalue weighted by atomic mass is 9.85. The van der Waals surface area contributed by atoms with Gasteiger partial charge in [-0.1, -0.05) is 37.8 Å². The number of carbonyl (C=O) groups excluding carboxylic acids is 1. The summed E-state index contributed by atoms with van der Waals surface area (Å²) in [6.07, 6.45) is 0.798. The van der Waals surface area contributed by atoms with E-state index < -0.39 is 17.3 Å². The number of carbonyl (C=O) groups is 1. The van der Waals surface area contributed by atoms with Crippen LogP contribution in [0.5, 0.6) is 0 Å². The summed E-state index contributed by atoms with van der Waals surface area (Å²) in [6, 6.07) is 4.40. The summed E-state index contributed by atoms with van der Waals surface area (Å²) in [4.78, 5) is 12.7. The quantitative estimate of drug-likeness (QED) is 0.601. The zero-order chi connectivity index (χ0) is 15.5. The fourth-order valence-electron chi connectivity index (χ4n) is 2.90. The Morgan fingerprint density at radius 1 is 1.05 bits per heavy atom. The highest BCUT2D eigenvalue weighted by Gasteiger charge is 2.39. The number of hydrogen-bond donors (Lipinski definition) is 0. The average Bonchev–Trinajstić information content (AvgIpc) is 2.72. The number of ketones is 1. The lowest BCUT2D eigenvalue weighted by Crippen LogP contribution is -2.40. The minimum Gasteiger partial charge on any atom is -0.370 e. The first-order valence-electron chi connectivity index (χ1n) is 7.16. The van der Waals surface area contributed by atoms with Crippen LogP contribution in [0.1, 0.15) is 54.4 Å². The molecule has 21 heavy (non-hydrogen) atoms. The van der Waals surface area contributed by atoms with Crippen LogP contribution in [-0.2, 0) is 10.9 Å². The predicted molar refractivity (Wildman–Crippen MR) is 73.2 cm³/mol. The second kappa shape index (κ2) is 6.18. The Morgan fingerprint density at radius 3 is 2.00 bits per heavy atom. The standard InChI is InChI=1S/C16H19F3O2/c1-21-15(10-4-2-3-5-11-15)14(20)12-6-8-13(9-7-12)16(17,18)19/h6-9H,2-5,10-11H2,1H3. The van der Waals surface area contributed by atoms with Crippen LogP contribution in [0, 0.1) is 0 Å². The van der Waals surface area contributed by atoms with E-state index in [-0.39, 0.29) is 11.3 Å². The molecule has 0 radical (unpaired) electrons. The molecule has 0 atom stereocenters. The van der Waals surface area contributed by atoms with Gasteiger partial charge in [0, 0.05) is 12.7 Å². The van der Waals surface area contributed by atoms with Gasteiger partial charge < -0.3 is 4.74 Å². The second-order valence-electron chi connectivity index (χ2n) is 5.52. The van der Waals surface area contributed by atoms with Gasteiger partial charge in [0.2, 0.25) is 0 Å². The van der Waals surface area contributed by atoms with Crippen molar-refractivity contribution < 1.29 is 22.7 Å². The molecule has 0 spiro atoms. The van der Waals surface area contributed by atoms with E-state index in [2.05, 4.69) is 0 Å². The molecule has 0 unspecified atom stereocenters. The molecule has 2 nitrogen and oxygen atoms in total. The van der Waals surface area contributed by atoms with E-state index in [1.165, 1.54) is 19.2 Å². The summed E-state index contributed by atoms with van der Waals surface area (Å²) < 4.78 is 43.2. The normalized spacial score (nSPS) is 19.0. The van der Waals surface area contributed by atoms with Crippen molar-refractivity contribution in [1.82, 2.24) is 0 Å². The van der Waals surface area contributed by atoms with Gasteiger partial charge in [0.25, 0.3) is 0 Å². The molecular weight excluding hydrogens is 281 g/mol. The molecule has 0 amide bonds. The van der Waals surface area contributed by atoms with Crippen molar-refractivity contribution in [2.24, 2.45) is 0 Å². The van der Waals surface area contributed by atoms with Crippen molar-refractivity contribution >= 4 is 5.78 Å². The maximum Gasteiger partial charge on any atom is 0.416 e. The first-order valence-corrected chi connectivity index (χ1v) is 7.16. The lowest BCUT2D eigenvalue weighted by molar-refractivity contribution is -0.137. The molecule has 0 aliphatic heterocycles. The molecule has 0 N–H and O–H groups in total. The Labute approximate surface area is 122 Å². The van der Waals surface area contributed by atoms with E-state index in [0.717, 1.165) is 37.8 Å². The van der Waals surface area contributed by atoms with Gasteiger partial charge in [-0.25, -0.2) is 0 Å². The van der Waals surface area contributed by atoms with Gasteiger partial charge in [-0.2, -0.15) is 13.2 Å². The van der Waals surface area contributed by atoms with Crippen LogP contribution >= 0.6 is 0 Å². The van der Waals surface area contributed by atoms with Crippen LogP contribution in [0.3, 0.4) is 0 Å². The Morgan fingerprint density at radius 2 is 1.57 bits per heavy atom. The van der Waals surface area contributed by atoms with E-state index in [1.807, 2.05) is 0 Å². The number of methoxy groups -OCH3 is 1. The lowest BCUT2D eigenvalue weighted by Gasteiger charge is -2.29. The van der Waals surface area contributed by atoms with Gasteiger partial charge in [-0.05, 0) is 25.0 Å². The third-order valence-electron chi connectivity index (χ3n) is 4.19. The maximum atomic E-state index is 12.7. The Hall–Kier alpha value is -1.36. The SMILES string of the molecule is COC1(C(=O)c2ccc(C(F)(F)F)cc2)CCCCCC1. The first kappa shape index (κ1) is 16.0. The highest BCUT2D eigenvalue weighted by molar-refractivity contribution is 6.02. The number of Topliss-reactive ketones (excluding diaryl/α,β-unsaturated/α-hetero) is 1. The molecule has 1 aromatic rings. The molecule has 1 fully saturated rings. The average molecular weight is 300 g/mol. The van der Waals surface area contributed by atoms with Crippen LogP contribution in [0.4, 0.5) is 13.2 Å². The summed E-state index contributed by atoms with van der Waals surface area (Å²) in [7, 11) is 1.51. The molecular formula is C16H19F3O2. The van der Waals surface area contributed by atoms with Gasteiger partial charge in [-0.15, -0.1) is 0 Å². The van der Waals surface area contributed by atoms with Gasteiger partial charge in [0.05, 0.1) is 5.56 Å². The highest BCUT2D eigenvalue weighted by atomic mass is 19.4. The predicted octanol–water partition coefficient (Wildman–Crippen LogP) is 4.63. The smallest absolute Gasteiger partial charge is 0.370 e. The zero-order valence-corrected chi connectivity index (χ0v) is 12.0. The van der Waals surface area contributed by atoms with E-state index >= 15 is 0 Å². The minimum absolute atomic E-state index is 0.208. The molecule has 0 saturated heterocycles. The van der Waals surface area contributed by atoms with Gasteiger partial charge >= 0.3 is 6.18 Å². The van der Waals surface area contributed by atoms with Gasteiger partial charge in [0.15, 0.2) is 5.78 Å². The van der Waals surface area contributed by atoms with Crippen molar-refractivity contribution in [2.45, 2.75) is 50.3 Å². The van der Waals surface area contributed by atoms with Crippen molar-refractivity contribution in [3.63, 3.8) is 0 Å². The molecule has 116 valence electrons. The molecule has 1 aromatic carbocycles. The largest absolute Gasteiger partial charge is 0.416 e. The summed E-state index contributed by atoms with van der Waals surface area (Å²) in [6.45, 7) is 0. The van der Waals surface area contributed by atoms with Crippen LogP contribution in [0.2, 0.25) is 0 Å². The molecule has 0 heterocycles. The minimum atomic E-state index is -4.39. The monoisotopic (exact) mass is 300 g/mol. The Kier molecular flexibility index (Phi) is 4.71. The summed E-state index contributed by atoms with van der Waals surface area (Å²) in [5.41, 5.74) is -1.34. The summed E-state index contributed by atoms with van der Waals surface area (Å²) in [5.74, 6) is -0.208. The zero-order valence-electron chi connectivity index (χ0n) is 12.0. The molecule has 0 bridgehead atoms.